The molecule has 2 N–H and O–H groups in total. The summed E-state index contributed by atoms with van der Waals surface area (Å²) in [5, 5.41) is 0. The van der Waals surface area contributed by atoms with Crippen LogP contribution in [0.1, 0.15) is 31.9 Å². The van der Waals surface area contributed by atoms with Gasteiger partial charge in [0.1, 0.15) is 11.6 Å². The molecule has 1 aromatic carbocycles. The summed E-state index contributed by atoms with van der Waals surface area (Å²) in [4.78, 5) is 0. The molecule has 2 atom stereocenters. The third-order valence-corrected chi connectivity index (χ3v) is 2.58. The van der Waals surface area contributed by atoms with Gasteiger partial charge in [-0.1, -0.05) is 26.3 Å². The molecule has 78 valence electrons. The van der Waals surface area contributed by atoms with Crippen LogP contribution < -0.4 is 5.73 Å². The van der Waals surface area contributed by atoms with Gasteiger partial charge < -0.3 is 5.73 Å². The molecule has 0 aliphatic heterocycles. The molecule has 0 amide bonds. The van der Waals surface area contributed by atoms with Crippen LogP contribution in [0.5, 0.6) is 0 Å². The summed E-state index contributed by atoms with van der Waals surface area (Å²) in [6.45, 7) is 3.94. The van der Waals surface area contributed by atoms with Gasteiger partial charge in [0.25, 0.3) is 0 Å². The molecule has 1 rings (SSSR count). The topological polar surface area (TPSA) is 26.0 Å². The van der Waals surface area contributed by atoms with E-state index in [4.69, 9.17) is 5.73 Å². The number of hydrogen-bond donors (Lipinski definition) is 1. The van der Waals surface area contributed by atoms with Crippen LogP contribution in [0.4, 0.5) is 8.78 Å². The average molecular weight is 199 g/mol. The third-order valence-electron chi connectivity index (χ3n) is 2.58. The predicted molar refractivity (Wildman–Crippen MR) is 52.7 cm³/mol. The van der Waals surface area contributed by atoms with E-state index in [1.807, 2.05) is 13.8 Å². The van der Waals surface area contributed by atoms with Crippen molar-refractivity contribution in [3.8, 4) is 0 Å². The van der Waals surface area contributed by atoms with Crippen LogP contribution in [0.2, 0.25) is 0 Å². The van der Waals surface area contributed by atoms with Crippen molar-refractivity contribution >= 4 is 0 Å². The lowest BCUT2D eigenvalue weighted by molar-refractivity contribution is 0.437. The molecule has 3 heteroatoms. The first kappa shape index (κ1) is 11.1. The molecule has 1 unspecified atom stereocenters. The van der Waals surface area contributed by atoms with Crippen LogP contribution in [0.25, 0.3) is 0 Å². The number of benzene rings is 1. The first-order valence-electron chi connectivity index (χ1n) is 4.76. The highest BCUT2D eigenvalue weighted by Crippen LogP contribution is 2.24. The van der Waals surface area contributed by atoms with Gasteiger partial charge in [-0.2, -0.15) is 0 Å². The monoisotopic (exact) mass is 199 g/mol. The summed E-state index contributed by atoms with van der Waals surface area (Å²) in [7, 11) is 0. The molecule has 0 saturated carbocycles. The molecule has 0 aliphatic rings. The smallest absolute Gasteiger partial charge is 0.130 e. The standard InChI is InChI=1S/C11H15F2N/c1-3-7(2)11(14)9-5-4-8(12)6-10(9)13/h4-7,11H,3,14H2,1-2H3/t7?,11-/m1/s1. The Balaban J connectivity index is 2.95. The summed E-state index contributed by atoms with van der Waals surface area (Å²) in [6.07, 6.45) is 0.873. The normalized spacial score (nSPS) is 15.2. The van der Waals surface area contributed by atoms with Crippen LogP contribution in [-0.2, 0) is 0 Å². The van der Waals surface area contributed by atoms with E-state index < -0.39 is 11.6 Å². The minimum Gasteiger partial charge on any atom is -0.324 e. The molecule has 0 heterocycles. The minimum absolute atomic E-state index is 0.190. The van der Waals surface area contributed by atoms with Crippen LogP contribution in [0, 0.1) is 17.6 Å². The van der Waals surface area contributed by atoms with Gasteiger partial charge in [0, 0.05) is 17.7 Å². The van der Waals surface area contributed by atoms with Gasteiger partial charge in [0.2, 0.25) is 0 Å². The van der Waals surface area contributed by atoms with Gasteiger partial charge in [-0.25, -0.2) is 8.78 Å². The Morgan fingerprint density at radius 2 is 2.00 bits per heavy atom. The van der Waals surface area contributed by atoms with Crippen molar-refractivity contribution < 1.29 is 8.78 Å². The van der Waals surface area contributed by atoms with E-state index in [1.54, 1.807) is 0 Å². The van der Waals surface area contributed by atoms with E-state index >= 15 is 0 Å². The van der Waals surface area contributed by atoms with Gasteiger partial charge in [-0.3, -0.25) is 0 Å². The maximum atomic E-state index is 13.3. The molecule has 14 heavy (non-hydrogen) atoms. The lowest BCUT2D eigenvalue weighted by Crippen LogP contribution is -2.19. The first-order valence-corrected chi connectivity index (χ1v) is 4.76. The van der Waals surface area contributed by atoms with Crippen molar-refractivity contribution in [2.45, 2.75) is 26.3 Å². The van der Waals surface area contributed by atoms with Crippen molar-refractivity contribution in [2.24, 2.45) is 11.7 Å². The molecule has 0 fully saturated rings. The minimum atomic E-state index is -0.567. The van der Waals surface area contributed by atoms with Crippen molar-refractivity contribution in [1.29, 1.82) is 0 Å². The van der Waals surface area contributed by atoms with Gasteiger partial charge in [0.05, 0.1) is 0 Å². The number of rotatable bonds is 3. The zero-order valence-electron chi connectivity index (χ0n) is 8.43. The van der Waals surface area contributed by atoms with Crippen molar-refractivity contribution in [1.82, 2.24) is 0 Å². The Bertz CT molecular complexity index is 312. The van der Waals surface area contributed by atoms with Crippen LogP contribution >= 0.6 is 0 Å². The Morgan fingerprint density at radius 1 is 1.36 bits per heavy atom. The highest BCUT2D eigenvalue weighted by Gasteiger charge is 2.16. The molecular formula is C11H15F2N. The Labute approximate surface area is 82.9 Å². The lowest BCUT2D eigenvalue weighted by atomic mass is 9.93. The number of nitrogens with two attached hydrogens (primary N) is 1. The van der Waals surface area contributed by atoms with E-state index in [2.05, 4.69) is 0 Å². The summed E-state index contributed by atoms with van der Waals surface area (Å²) < 4.78 is 25.9. The van der Waals surface area contributed by atoms with Gasteiger partial charge >= 0.3 is 0 Å². The maximum Gasteiger partial charge on any atom is 0.130 e. The van der Waals surface area contributed by atoms with Gasteiger partial charge in [-0.15, -0.1) is 0 Å². The second-order valence-electron chi connectivity index (χ2n) is 3.58. The second-order valence-corrected chi connectivity index (χ2v) is 3.58. The fraction of sp³-hybridized carbons (Fsp3) is 0.455. The molecule has 0 aliphatic carbocycles. The molecule has 0 saturated heterocycles. The van der Waals surface area contributed by atoms with E-state index in [1.165, 1.54) is 12.1 Å². The molecular weight excluding hydrogens is 184 g/mol. The maximum absolute atomic E-state index is 13.3. The Morgan fingerprint density at radius 3 is 2.50 bits per heavy atom. The highest BCUT2D eigenvalue weighted by atomic mass is 19.1. The molecule has 1 nitrogen and oxygen atoms in total. The van der Waals surface area contributed by atoms with Crippen LogP contribution in [0.3, 0.4) is 0 Å². The highest BCUT2D eigenvalue weighted by molar-refractivity contribution is 5.22. The van der Waals surface area contributed by atoms with E-state index in [9.17, 15) is 8.78 Å². The fourth-order valence-electron chi connectivity index (χ4n) is 1.33. The number of halogens is 2. The largest absolute Gasteiger partial charge is 0.324 e. The average Bonchev–Trinajstić information content (AvgIpc) is 2.15. The van der Waals surface area contributed by atoms with E-state index in [0.717, 1.165) is 12.5 Å². The van der Waals surface area contributed by atoms with Crippen molar-refractivity contribution in [3.05, 3.63) is 35.4 Å². The van der Waals surface area contributed by atoms with Crippen molar-refractivity contribution in [2.75, 3.05) is 0 Å². The lowest BCUT2D eigenvalue weighted by Gasteiger charge is -2.19. The van der Waals surface area contributed by atoms with Crippen LogP contribution in [0.15, 0.2) is 18.2 Å². The zero-order valence-corrected chi connectivity index (χ0v) is 8.43. The summed E-state index contributed by atoms with van der Waals surface area (Å²) >= 11 is 0. The quantitative estimate of drug-likeness (QED) is 0.795. The van der Waals surface area contributed by atoms with Crippen molar-refractivity contribution in [3.63, 3.8) is 0 Å². The van der Waals surface area contributed by atoms with Crippen LogP contribution in [-0.4, -0.2) is 0 Å². The summed E-state index contributed by atoms with van der Waals surface area (Å²) in [5.41, 5.74) is 6.23. The number of hydrogen-bond acceptors (Lipinski definition) is 1. The van der Waals surface area contributed by atoms with E-state index in [0.29, 0.717) is 5.56 Å². The van der Waals surface area contributed by atoms with Gasteiger partial charge in [0.15, 0.2) is 0 Å². The zero-order chi connectivity index (χ0) is 10.7. The third kappa shape index (κ3) is 2.29. The first-order chi connectivity index (χ1) is 6.56. The second kappa shape index (κ2) is 4.51. The molecule has 0 radical (unpaired) electrons. The summed E-state index contributed by atoms with van der Waals surface area (Å²) in [5.74, 6) is -0.935. The Hall–Kier alpha value is -0.960. The molecule has 1 aromatic rings. The molecule has 0 bridgehead atoms. The predicted octanol–water partition coefficient (Wildman–Crippen LogP) is 3.01. The molecule has 0 spiro atoms. The fourth-order valence-corrected chi connectivity index (χ4v) is 1.33. The van der Waals surface area contributed by atoms with Gasteiger partial charge in [-0.05, 0) is 12.0 Å². The SMILES string of the molecule is CCC(C)[C@@H](N)c1ccc(F)cc1F. The molecule has 0 aromatic heterocycles. The summed E-state index contributed by atoms with van der Waals surface area (Å²) in [6, 6.07) is 3.17. The Kier molecular flexibility index (Phi) is 3.58. The van der Waals surface area contributed by atoms with E-state index in [-0.39, 0.29) is 12.0 Å².